The highest BCUT2D eigenvalue weighted by molar-refractivity contribution is 5.91. The van der Waals surface area contributed by atoms with E-state index in [0.717, 1.165) is 98.3 Å². The minimum atomic E-state index is -1.34. The summed E-state index contributed by atoms with van der Waals surface area (Å²) >= 11 is 0. The van der Waals surface area contributed by atoms with Crippen LogP contribution < -0.4 is 4.74 Å². The lowest BCUT2D eigenvalue weighted by molar-refractivity contribution is -0.172. The number of fused-ring (bicyclic) bond motifs is 1. The van der Waals surface area contributed by atoms with Crippen molar-refractivity contribution >= 4 is 46.7 Å². The van der Waals surface area contributed by atoms with Gasteiger partial charge in [0.05, 0.1) is 20.0 Å². The fourth-order valence-electron chi connectivity index (χ4n) is 9.11. The Morgan fingerprint density at radius 3 is 1.48 bits per heavy atom. The zero-order valence-corrected chi connectivity index (χ0v) is 48.8. The molecule has 0 spiro atoms. The van der Waals surface area contributed by atoms with Crippen LogP contribution in [0.3, 0.4) is 0 Å². The van der Waals surface area contributed by atoms with E-state index in [0.29, 0.717) is 25.0 Å². The number of hydrogen-bond acceptors (Lipinski definition) is 12. The van der Waals surface area contributed by atoms with Gasteiger partial charge in [0.2, 0.25) is 12.2 Å². The number of methoxy groups -OCH3 is 1. The lowest BCUT2D eigenvalue weighted by Crippen LogP contribution is -2.39. The van der Waals surface area contributed by atoms with Crippen LogP contribution in [-0.2, 0) is 54.1 Å². The Hall–Kier alpha value is -5.20. The number of esters is 4. The summed E-state index contributed by atoms with van der Waals surface area (Å²) in [7, 11) is 1.59. The van der Waals surface area contributed by atoms with E-state index in [2.05, 4.69) is 38.2 Å². The van der Waals surface area contributed by atoms with Gasteiger partial charge in [0.25, 0.3) is 0 Å². The van der Waals surface area contributed by atoms with Crippen LogP contribution >= 0.6 is 0 Å². The van der Waals surface area contributed by atoms with Crippen molar-refractivity contribution in [2.24, 2.45) is 5.41 Å². The van der Waals surface area contributed by atoms with Crippen molar-refractivity contribution in [3.05, 3.63) is 66.3 Å². The van der Waals surface area contributed by atoms with E-state index in [-0.39, 0.29) is 45.4 Å². The van der Waals surface area contributed by atoms with Gasteiger partial charge < -0.3 is 28.4 Å². The summed E-state index contributed by atoms with van der Waals surface area (Å²) in [5.74, 6) is -2.12. The fourth-order valence-corrected chi connectivity index (χ4v) is 9.11. The van der Waals surface area contributed by atoms with E-state index in [1.54, 1.807) is 21.0 Å². The van der Waals surface area contributed by atoms with Crippen molar-refractivity contribution in [1.29, 1.82) is 0 Å². The van der Waals surface area contributed by atoms with Gasteiger partial charge in [0.1, 0.15) is 19.0 Å². The molecule has 2 rings (SSSR count). The average Bonchev–Trinajstić information content (AvgIpc) is 3.38. The molecule has 1 unspecified atom stereocenters. The Morgan fingerprint density at radius 2 is 1.01 bits per heavy atom. The highest BCUT2D eigenvalue weighted by Crippen LogP contribution is 2.28. The number of benzene rings is 2. The Bertz CT molecular complexity index is 1970. The molecule has 77 heavy (non-hydrogen) atoms. The third kappa shape index (κ3) is 34.3. The zero-order chi connectivity index (χ0) is 56.4. The summed E-state index contributed by atoms with van der Waals surface area (Å²) in [6.45, 7) is 9.94. The molecular weight excluding hydrogens is 975 g/mol. The first kappa shape index (κ1) is 67.9. The van der Waals surface area contributed by atoms with Crippen molar-refractivity contribution in [3.63, 3.8) is 0 Å². The quantitative estimate of drug-likeness (QED) is 0.0203. The van der Waals surface area contributed by atoms with E-state index >= 15 is 0 Å². The van der Waals surface area contributed by atoms with Gasteiger partial charge >= 0.3 is 30.0 Å². The predicted octanol–water partition coefficient (Wildman–Crippen LogP) is 16.1. The summed E-state index contributed by atoms with van der Waals surface area (Å²) in [6.07, 6.45) is 36.0. The Labute approximate surface area is 464 Å². The zero-order valence-electron chi connectivity index (χ0n) is 48.8. The third-order valence-corrected chi connectivity index (χ3v) is 13.6. The largest absolute Gasteiger partial charge is 0.497 e. The van der Waals surface area contributed by atoms with Crippen molar-refractivity contribution in [2.75, 3.05) is 26.9 Å². The molecule has 1 atom stereocenters. The first-order valence-electron chi connectivity index (χ1n) is 29.7. The van der Waals surface area contributed by atoms with Gasteiger partial charge in [-0.1, -0.05) is 179 Å². The number of carbonyl (C=O) groups excluding carboxylic acids is 6. The van der Waals surface area contributed by atoms with Gasteiger partial charge in [0, 0.05) is 33.2 Å². The van der Waals surface area contributed by atoms with E-state index in [1.807, 2.05) is 36.4 Å². The molecule has 0 aliphatic heterocycles. The molecule has 13 heteroatoms. The number of carbonyl (C=O) groups is 6. The average molecular weight is 1080 g/mol. The second-order valence-electron chi connectivity index (χ2n) is 21.5. The number of unbranched alkanes of at least 4 members (excludes halogenated alkanes) is 22. The molecule has 434 valence electrons. The first-order valence-corrected chi connectivity index (χ1v) is 29.7. The molecule has 2 aromatic carbocycles. The normalized spacial score (nSPS) is 12.1. The maximum atomic E-state index is 13.4. The summed E-state index contributed by atoms with van der Waals surface area (Å²) < 4.78 is 33.0. The standard InChI is InChI=1S/C64H101NO12/c1-8-10-12-14-16-18-20-22-24-26-28-30-32-34-36-41-59(67)73-50-57(51-74-60(68)42-37-35-33-31-29-27-25-23-21-19-17-15-13-11-9-2)77-62(70)49-64(5,6)48-61(69)75-53(4)76-63(71)65(52(3)66)46-45-55-40-38-39-54-43-44-56(72-7)47-58(54)55/h22-25,38-40,43-44,47,53,57H,8-21,26-37,41-42,45-46,48-51H2,1-7H3/b24-22-,25-23-. The Kier molecular flexibility index (Phi) is 37.7. The third-order valence-electron chi connectivity index (χ3n) is 13.6. The Morgan fingerprint density at radius 1 is 0.558 bits per heavy atom. The number of rotatable bonds is 45. The highest BCUT2D eigenvalue weighted by Gasteiger charge is 2.31. The van der Waals surface area contributed by atoms with Gasteiger partial charge in [0.15, 0.2) is 6.10 Å². The maximum Gasteiger partial charge on any atom is 0.419 e. The summed E-state index contributed by atoms with van der Waals surface area (Å²) in [5.41, 5.74) is -0.0714. The fraction of sp³-hybridized carbons (Fsp3) is 0.688. The number of hydrogen-bond donors (Lipinski definition) is 0. The van der Waals surface area contributed by atoms with Gasteiger partial charge in [-0.25, -0.2) is 9.69 Å². The van der Waals surface area contributed by atoms with Crippen LogP contribution in [0.15, 0.2) is 60.7 Å². The van der Waals surface area contributed by atoms with Crippen molar-refractivity contribution in [2.45, 2.75) is 253 Å². The molecule has 2 aromatic rings. The molecule has 0 fully saturated rings. The van der Waals surface area contributed by atoms with Crippen LogP contribution in [0, 0.1) is 5.41 Å². The second kappa shape index (κ2) is 42.8. The number of amides is 2. The summed E-state index contributed by atoms with van der Waals surface area (Å²) in [4.78, 5) is 78.8. The molecule has 0 saturated heterocycles. The molecule has 0 saturated carbocycles. The number of imide groups is 1. The summed E-state index contributed by atoms with van der Waals surface area (Å²) in [5, 5.41) is 1.91. The highest BCUT2D eigenvalue weighted by atomic mass is 16.7. The van der Waals surface area contributed by atoms with Crippen molar-refractivity contribution in [1.82, 2.24) is 4.90 Å². The van der Waals surface area contributed by atoms with Crippen LogP contribution in [0.1, 0.15) is 240 Å². The number of ether oxygens (including phenoxy) is 6. The SMILES string of the molecule is CCCCCCCC/C=C\CCCCCCCC(=O)OCC(COC(=O)CCCCCCC/C=C\CCCCCCCC)OC(=O)CC(C)(C)CC(=O)OC(C)OC(=O)N(CCc1cccc2ccc(OC)cc12)C(C)=O. The first-order chi connectivity index (χ1) is 37.2. The summed E-state index contributed by atoms with van der Waals surface area (Å²) in [6, 6.07) is 11.5. The van der Waals surface area contributed by atoms with Gasteiger partial charge in [-0.3, -0.25) is 24.0 Å². The van der Waals surface area contributed by atoms with Crippen LogP contribution in [-0.4, -0.2) is 80.0 Å². The monoisotopic (exact) mass is 1080 g/mol. The van der Waals surface area contributed by atoms with E-state index in [4.69, 9.17) is 28.4 Å². The molecule has 0 aliphatic rings. The lowest BCUT2D eigenvalue weighted by atomic mass is 9.86. The maximum absolute atomic E-state index is 13.4. The molecule has 0 aliphatic carbocycles. The molecule has 13 nitrogen and oxygen atoms in total. The second-order valence-corrected chi connectivity index (χ2v) is 21.5. The lowest BCUT2D eigenvalue weighted by Gasteiger charge is -2.26. The van der Waals surface area contributed by atoms with Gasteiger partial charge in [-0.15, -0.1) is 0 Å². The van der Waals surface area contributed by atoms with Crippen LogP contribution in [0.25, 0.3) is 10.8 Å². The Balaban J connectivity index is 1.85. The topological polar surface area (TPSA) is 161 Å². The minimum Gasteiger partial charge on any atom is -0.497 e. The van der Waals surface area contributed by atoms with Crippen LogP contribution in [0.4, 0.5) is 4.79 Å². The molecule has 0 bridgehead atoms. The van der Waals surface area contributed by atoms with Crippen molar-refractivity contribution in [3.8, 4) is 5.75 Å². The number of allylic oxidation sites excluding steroid dienone is 4. The van der Waals surface area contributed by atoms with Crippen molar-refractivity contribution < 1.29 is 57.2 Å². The van der Waals surface area contributed by atoms with E-state index in [1.165, 1.54) is 90.9 Å². The van der Waals surface area contributed by atoms with Gasteiger partial charge in [-0.05, 0) is 105 Å². The molecule has 0 N–H and O–H groups in total. The molecule has 0 radical (unpaired) electrons. The molecular formula is C64H101NO12. The van der Waals surface area contributed by atoms with Crippen LogP contribution in [0.2, 0.25) is 0 Å². The van der Waals surface area contributed by atoms with Crippen LogP contribution in [0.5, 0.6) is 5.75 Å². The number of nitrogens with zero attached hydrogens (tertiary/aromatic N) is 1. The smallest absolute Gasteiger partial charge is 0.419 e. The van der Waals surface area contributed by atoms with E-state index in [9.17, 15) is 28.8 Å². The molecule has 2 amide bonds. The van der Waals surface area contributed by atoms with Gasteiger partial charge in [-0.2, -0.15) is 0 Å². The molecule has 0 aromatic heterocycles. The predicted molar refractivity (Wildman–Crippen MR) is 307 cm³/mol. The minimum absolute atomic E-state index is 0.0232. The molecule has 0 heterocycles. The van der Waals surface area contributed by atoms with E-state index < -0.39 is 53.7 Å².